The molecule has 0 unspecified atom stereocenters. The third-order valence-corrected chi connectivity index (χ3v) is 5.05. The molecule has 1 saturated carbocycles. The van der Waals surface area contributed by atoms with E-state index >= 15 is 0 Å². The van der Waals surface area contributed by atoms with Gasteiger partial charge < -0.3 is 20.7 Å². The number of nitrogens with one attached hydrogen (secondary N) is 3. The van der Waals surface area contributed by atoms with Crippen LogP contribution >= 0.6 is 24.0 Å². The van der Waals surface area contributed by atoms with Crippen LogP contribution in [-0.4, -0.2) is 45.7 Å². The lowest BCUT2D eigenvalue weighted by molar-refractivity contribution is 0.0954. The van der Waals surface area contributed by atoms with Crippen LogP contribution in [0.5, 0.6) is 5.75 Å². The summed E-state index contributed by atoms with van der Waals surface area (Å²) in [5.74, 6) is 1.36. The molecular weight excluding hydrogens is 443 g/mol. The molecule has 0 aromatic heterocycles. The molecule has 1 aliphatic carbocycles. The lowest BCUT2D eigenvalue weighted by Crippen LogP contribution is -2.47. The summed E-state index contributed by atoms with van der Waals surface area (Å²) in [6.07, 6.45) is 5.12. The number of benzene rings is 1. The van der Waals surface area contributed by atoms with E-state index < -0.39 is 0 Å². The van der Waals surface area contributed by atoms with Crippen LogP contribution in [0.25, 0.3) is 0 Å². The van der Waals surface area contributed by atoms with E-state index in [9.17, 15) is 4.79 Å². The van der Waals surface area contributed by atoms with Crippen molar-refractivity contribution in [3.8, 4) is 5.75 Å². The number of hydrogen-bond donors (Lipinski definition) is 3. The summed E-state index contributed by atoms with van der Waals surface area (Å²) in [7, 11) is 3.36. The molecule has 1 aromatic rings. The fourth-order valence-electron chi connectivity index (χ4n) is 3.05. The van der Waals surface area contributed by atoms with Crippen molar-refractivity contribution in [3.05, 3.63) is 29.8 Å². The molecule has 1 fully saturated rings. The average molecular weight is 474 g/mol. The number of nitrogens with zero attached hydrogens (tertiary/aromatic N) is 1. The Labute approximate surface area is 173 Å². The van der Waals surface area contributed by atoms with Crippen LogP contribution in [-0.2, 0) is 0 Å². The van der Waals surface area contributed by atoms with Crippen LogP contribution in [0.4, 0.5) is 0 Å². The first-order chi connectivity index (χ1) is 12.1. The number of methoxy groups -OCH3 is 1. The number of hydrogen-bond acceptors (Lipinski definition) is 3. The molecule has 146 valence electrons. The van der Waals surface area contributed by atoms with E-state index in [1.807, 2.05) is 12.1 Å². The van der Waals surface area contributed by atoms with Crippen molar-refractivity contribution in [2.75, 3.05) is 33.8 Å². The standard InChI is InChI=1S/C19H30N4O2.HI/c1-4-19(9-6-10-19)14-23-18(20-2)22-12-11-21-17(24)15-7-5-8-16(13-15)25-3;/h5,7-8,13H,4,6,9-12,14H2,1-3H3,(H,21,24)(H2,20,22,23);1H. The Morgan fingerprint density at radius 3 is 2.54 bits per heavy atom. The zero-order chi connectivity index (χ0) is 18.1. The second-order valence-corrected chi connectivity index (χ2v) is 6.55. The predicted octanol–water partition coefficient (Wildman–Crippen LogP) is 2.79. The largest absolute Gasteiger partial charge is 0.497 e. The van der Waals surface area contributed by atoms with Crippen LogP contribution in [0.15, 0.2) is 29.3 Å². The molecule has 0 atom stereocenters. The molecule has 1 aromatic carbocycles. The van der Waals surface area contributed by atoms with Crippen molar-refractivity contribution in [3.63, 3.8) is 0 Å². The van der Waals surface area contributed by atoms with E-state index in [2.05, 4.69) is 27.9 Å². The van der Waals surface area contributed by atoms with Crippen LogP contribution in [0.3, 0.4) is 0 Å². The van der Waals surface area contributed by atoms with Gasteiger partial charge in [0.25, 0.3) is 5.91 Å². The Kier molecular flexibility index (Phi) is 9.75. The summed E-state index contributed by atoms with van der Waals surface area (Å²) in [5, 5.41) is 9.55. The molecule has 1 amide bonds. The second kappa shape index (κ2) is 11.3. The SMILES string of the molecule is CCC1(CNC(=NC)NCCNC(=O)c2cccc(OC)c2)CCC1.I. The Morgan fingerprint density at radius 2 is 1.96 bits per heavy atom. The van der Waals surface area contributed by atoms with Gasteiger partial charge in [-0.3, -0.25) is 9.79 Å². The summed E-state index contributed by atoms with van der Waals surface area (Å²) < 4.78 is 5.14. The molecule has 7 heteroatoms. The number of halogens is 1. The summed E-state index contributed by atoms with van der Waals surface area (Å²) in [5.41, 5.74) is 1.04. The number of carbonyl (C=O) groups is 1. The van der Waals surface area contributed by atoms with E-state index in [1.54, 1.807) is 26.3 Å². The Hall–Kier alpha value is -1.51. The minimum atomic E-state index is -0.108. The highest BCUT2D eigenvalue weighted by molar-refractivity contribution is 14.0. The van der Waals surface area contributed by atoms with E-state index in [0.29, 0.717) is 29.8 Å². The van der Waals surface area contributed by atoms with E-state index in [1.165, 1.54) is 25.7 Å². The second-order valence-electron chi connectivity index (χ2n) is 6.55. The normalized spacial score (nSPS) is 15.3. The maximum atomic E-state index is 12.1. The first-order valence-electron chi connectivity index (χ1n) is 8.99. The molecule has 6 nitrogen and oxygen atoms in total. The van der Waals surface area contributed by atoms with Crippen molar-refractivity contribution >= 4 is 35.8 Å². The Bertz CT molecular complexity index is 597. The van der Waals surface area contributed by atoms with Gasteiger partial charge in [-0.15, -0.1) is 24.0 Å². The maximum absolute atomic E-state index is 12.1. The van der Waals surface area contributed by atoms with Crippen molar-refractivity contribution < 1.29 is 9.53 Å². The number of amides is 1. The molecule has 3 N–H and O–H groups in total. The summed E-state index contributed by atoms with van der Waals surface area (Å²) in [6.45, 7) is 4.36. The highest BCUT2D eigenvalue weighted by Gasteiger charge is 2.34. The van der Waals surface area contributed by atoms with Crippen molar-refractivity contribution in [2.24, 2.45) is 10.4 Å². The third-order valence-electron chi connectivity index (χ3n) is 5.05. The van der Waals surface area contributed by atoms with E-state index in [0.717, 1.165) is 12.5 Å². The molecule has 0 aliphatic heterocycles. The van der Waals surface area contributed by atoms with Crippen LogP contribution in [0.2, 0.25) is 0 Å². The third kappa shape index (κ3) is 6.34. The number of carbonyl (C=O) groups excluding carboxylic acids is 1. The number of guanidine groups is 1. The van der Waals surface area contributed by atoms with Gasteiger partial charge in [-0.2, -0.15) is 0 Å². The van der Waals surface area contributed by atoms with Gasteiger partial charge in [-0.25, -0.2) is 0 Å². The van der Waals surface area contributed by atoms with Gasteiger partial charge >= 0.3 is 0 Å². The van der Waals surface area contributed by atoms with Gasteiger partial charge in [0.15, 0.2) is 5.96 Å². The van der Waals surface area contributed by atoms with Crippen LogP contribution in [0.1, 0.15) is 43.0 Å². The minimum Gasteiger partial charge on any atom is -0.497 e. The molecule has 0 spiro atoms. The summed E-state index contributed by atoms with van der Waals surface area (Å²) in [4.78, 5) is 16.4. The topological polar surface area (TPSA) is 74.8 Å². The average Bonchev–Trinajstić information content (AvgIpc) is 2.62. The van der Waals surface area contributed by atoms with Crippen LogP contribution in [0, 0.1) is 5.41 Å². The first kappa shape index (κ1) is 22.5. The van der Waals surface area contributed by atoms with Crippen molar-refractivity contribution in [1.82, 2.24) is 16.0 Å². The summed E-state index contributed by atoms with van der Waals surface area (Å²) >= 11 is 0. The fraction of sp³-hybridized carbons (Fsp3) is 0.579. The van der Waals surface area contributed by atoms with Crippen molar-refractivity contribution in [1.29, 1.82) is 0 Å². The maximum Gasteiger partial charge on any atom is 0.251 e. The summed E-state index contributed by atoms with van der Waals surface area (Å²) in [6, 6.07) is 7.13. The molecule has 0 saturated heterocycles. The van der Waals surface area contributed by atoms with E-state index in [-0.39, 0.29) is 29.9 Å². The number of aliphatic imine (C=N–C) groups is 1. The minimum absolute atomic E-state index is 0. The quantitative estimate of drug-likeness (QED) is 0.235. The molecule has 0 heterocycles. The molecule has 0 radical (unpaired) electrons. The van der Waals surface area contributed by atoms with Gasteiger partial charge in [0.1, 0.15) is 5.75 Å². The lowest BCUT2D eigenvalue weighted by Gasteiger charge is -2.41. The molecule has 0 bridgehead atoms. The van der Waals surface area contributed by atoms with Gasteiger partial charge in [0.2, 0.25) is 0 Å². The van der Waals surface area contributed by atoms with Gasteiger partial charge in [0.05, 0.1) is 7.11 Å². The van der Waals surface area contributed by atoms with Gasteiger partial charge in [0, 0.05) is 32.2 Å². The molecular formula is C19H31IN4O2. The monoisotopic (exact) mass is 474 g/mol. The smallest absolute Gasteiger partial charge is 0.251 e. The molecule has 2 rings (SSSR count). The number of ether oxygens (including phenoxy) is 1. The Balaban J connectivity index is 0.00000338. The molecule has 1 aliphatic rings. The fourth-order valence-corrected chi connectivity index (χ4v) is 3.05. The zero-order valence-corrected chi connectivity index (χ0v) is 18.3. The highest BCUT2D eigenvalue weighted by atomic mass is 127. The zero-order valence-electron chi connectivity index (χ0n) is 15.9. The predicted molar refractivity (Wildman–Crippen MR) is 117 cm³/mol. The van der Waals surface area contributed by atoms with Crippen molar-refractivity contribution in [2.45, 2.75) is 32.6 Å². The Morgan fingerprint density at radius 1 is 1.23 bits per heavy atom. The lowest BCUT2D eigenvalue weighted by atomic mass is 9.67. The number of rotatable bonds is 8. The molecule has 26 heavy (non-hydrogen) atoms. The van der Waals surface area contributed by atoms with E-state index in [4.69, 9.17) is 4.74 Å². The van der Waals surface area contributed by atoms with Gasteiger partial charge in [-0.1, -0.05) is 19.4 Å². The highest BCUT2D eigenvalue weighted by Crippen LogP contribution is 2.42. The first-order valence-corrected chi connectivity index (χ1v) is 8.99. The van der Waals surface area contributed by atoms with Gasteiger partial charge in [-0.05, 0) is 42.9 Å². The van der Waals surface area contributed by atoms with Crippen LogP contribution < -0.4 is 20.7 Å².